The summed E-state index contributed by atoms with van der Waals surface area (Å²) < 4.78 is 10.5. The van der Waals surface area contributed by atoms with Crippen LogP contribution in [0.3, 0.4) is 0 Å². The molecule has 1 aliphatic rings. The fraction of sp³-hybridized carbons (Fsp3) is 0.250. The zero-order chi connectivity index (χ0) is 20.3. The van der Waals surface area contributed by atoms with Gasteiger partial charge in [0.1, 0.15) is 11.5 Å². The first-order valence-electron chi connectivity index (χ1n) is 8.49. The number of nitrogens with zero attached hydrogens (tertiary/aromatic N) is 2. The average Bonchev–Trinajstić information content (AvgIpc) is 3.09. The van der Waals surface area contributed by atoms with E-state index in [2.05, 4.69) is 5.32 Å². The van der Waals surface area contributed by atoms with Crippen molar-refractivity contribution in [2.24, 2.45) is 5.92 Å². The van der Waals surface area contributed by atoms with Gasteiger partial charge in [0.15, 0.2) is 0 Å². The van der Waals surface area contributed by atoms with Gasteiger partial charge in [-0.3, -0.25) is 9.59 Å². The molecular formula is C20H18ClN3O4. The predicted octanol–water partition coefficient (Wildman–Crippen LogP) is 3.22. The number of benzene rings is 2. The lowest BCUT2D eigenvalue weighted by Crippen LogP contribution is -2.28. The summed E-state index contributed by atoms with van der Waals surface area (Å²) in [7, 11) is 2.97. The molecule has 1 atom stereocenters. The van der Waals surface area contributed by atoms with Crippen LogP contribution in [-0.2, 0) is 9.59 Å². The van der Waals surface area contributed by atoms with Crippen molar-refractivity contribution in [3.8, 4) is 17.6 Å². The molecule has 28 heavy (non-hydrogen) atoms. The Labute approximate surface area is 167 Å². The zero-order valence-corrected chi connectivity index (χ0v) is 16.1. The SMILES string of the molecule is COc1cc(OC)c(N2C[C@H](C(=O)Nc3cccc(C#N)c3)CC2=O)cc1Cl. The van der Waals surface area contributed by atoms with Gasteiger partial charge in [0.2, 0.25) is 11.8 Å². The molecule has 1 aliphatic heterocycles. The molecule has 2 aromatic rings. The molecule has 0 spiro atoms. The largest absolute Gasteiger partial charge is 0.495 e. The third kappa shape index (κ3) is 3.87. The van der Waals surface area contributed by atoms with Gasteiger partial charge in [-0.25, -0.2) is 0 Å². The summed E-state index contributed by atoms with van der Waals surface area (Å²) in [6, 6.07) is 11.8. The minimum Gasteiger partial charge on any atom is -0.495 e. The normalized spacial score (nSPS) is 15.9. The number of methoxy groups -OCH3 is 2. The molecule has 8 heteroatoms. The van der Waals surface area contributed by atoms with Crippen LogP contribution in [0.4, 0.5) is 11.4 Å². The van der Waals surface area contributed by atoms with Crippen molar-refractivity contribution in [1.82, 2.24) is 0 Å². The van der Waals surface area contributed by atoms with Crippen molar-refractivity contribution in [1.29, 1.82) is 5.26 Å². The first kappa shape index (κ1) is 19.5. The number of carbonyl (C=O) groups is 2. The summed E-state index contributed by atoms with van der Waals surface area (Å²) in [4.78, 5) is 26.6. The van der Waals surface area contributed by atoms with Crippen molar-refractivity contribution >= 4 is 34.8 Å². The van der Waals surface area contributed by atoms with E-state index >= 15 is 0 Å². The summed E-state index contributed by atoms with van der Waals surface area (Å²) in [5.41, 5.74) is 1.44. The van der Waals surface area contributed by atoms with E-state index in [1.54, 1.807) is 36.4 Å². The fourth-order valence-electron chi connectivity index (χ4n) is 3.08. The van der Waals surface area contributed by atoms with Crippen LogP contribution in [0.15, 0.2) is 36.4 Å². The van der Waals surface area contributed by atoms with Crippen molar-refractivity contribution in [3.63, 3.8) is 0 Å². The van der Waals surface area contributed by atoms with E-state index in [1.165, 1.54) is 19.1 Å². The van der Waals surface area contributed by atoms with E-state index in [1.807, 2.05) is 6.07 Å². The summed E-state index contributed by atoms with van der Waals surface area (Å²) >= 11 is 6.20. The maximum Gasteiger partial charge on any atom is 0.229 e. The highest BCUT2D eigenvalue weighted by Crippen LogP contribution is 2.40. The van der Waals surface area contributed by atoms with Crippen LogP contribution in [-0.4, -0.2) is 32.6 Å². The average molecular weight is 400 g/mol. The van der Waals surface area contributed by atoms with Gasteiger partial charge in [-0.2, -0.15) is 5.26 Å². The number of amides is 2. The van der Waals surface area contributed by atoms with Gasteiger partial charge in [-0.05, 0) is 24.3 Å². The Kier molecular flexibility index (Phi) is 5.71. The van der Waals surface area contributed by atoms with Crippen LogP contribution < -0.4 is 19.7 Å². The topological polar surface area (TPSA) is 91.7 Å². The summed E-state index contributed by atoms with van der Waals surface area (Å²) in [5.74, 6) is -0.170. The fourth-order valence-corrected chi connectivity index (χ4v) is 3.32. The number of nitrogens with one attached hydrogen (secondary N) is 1. The predicted molar refractivity (Wildman–Crippen MR) is 105 cm³/mol. The second-order valence-corrected chi connectivity index (χ2v) is 6.65. The van der Waals surface area contributed by atoms with Crippen molar-refractivity contribution in [2.45, 2.75) is 6.42 Å². The molecular weight excluding hydrogens is 382 g/mol. The molecule has 2 amide bonds. The van der Waals surface area contributed by atoms with Crippen molar-refractivity contribution in [3.05, 3.63) is 47.0 Å². The molecule has 2 aromatic carbocycles. The smallest absolute Gasteiger partial charge is 0.229 e. The van der Waals surface area contributed by atoms with Gasteiger partial charge in [0.05, 0.1) is 42.5 Å². The summed E-state index contributed by atoms with van der Waals surface area (Å²) in [5, 5.41) is 12.1. The molecule has 1 N–H and O–H groups in total. The first-order chi connectivity index (χ1) is 13.5. The number of carbonyl (C=O) groups excluding carboxylic acids is 2. The van der Waals surface area contributed by atoms with E-state index in [0.29, 0.717) is 33.5 Å². The molecule has 7 nitrogen and oxygen atoms in total. The lowest BCUT2D eigenvalue weighted by molar-refractivity contribution is -0.122. The minimum atomic E-state index is -0.538. The molecule has 0 unspecified atom stereocenters. The molecule has 0 aromatic heterocycles. The molecule has 1 heterocycles. The number of anilines is 2. The highest BCUT2D eigenvalue weighted by atomic mass is 35.5. The second kappa shape index (κ2) is 8.19. The van der Waals surface area contributed by atoms with E-state index in [-0.39, 0.29) is 24.8 Å². The Bertz CT molecular complexity index is 970. The van der Waals surface area contributed by atoms with Gasteiger partial charge in [0.25, 0.3) is 0 Å². The van der Waals surface area contributed by atoms with E-state index in [9.17, 15) is 9.59 Å². The summed E-state index contributed by atoms with van der Waals surface area (Å²) in [6.07, 6.45) is 0.0660. The highest BCUT2D eigenvalue weighted by molar-refractivity contribution is 6.32. The van der Waals surface area contributed by atoms with Gasteiger partial charge in [-0.1, -0.05) is 17.7 Å². The van der Waals surface area contributed by atoms with Gasteiger partial charge in [0, 0.05) is 24.7 Å². The molecule has 1 saturated heterocycles. The van der Waals surface area contributed by atoms with Crippen LogP contribution in [0.1, 0.15) is 12.0 Å². The lowest BCUT2D eigenvalue weighted by Gasteiger charge is -2.21. The highest BCUT2D eigenvalue weighted by Gasteiger charge is 2.36. The maximum atomic E-state index is 12.6. The van der Waals surface area contributed by atoms with Crippen LogP contribution in [0.5, 0.6) is 11.5 Å². The molecule has 144 valence electrons. The van der Waals surface area contributed by atoms with E-state index in [4.69, 9.17) is 26.3 Å². The van der Waals surface area contributed by atoms with Crippen LogP contribution in [0.2, 0.25) is 5.02 Å². The number of rotatable bonds is 5. The van der Waals surface area contributed by atoms with Gasteiger partial charge >= 0.3 is 0 Å². The summed E-state index contributed by atoms with van der Waals surface area (Å²) in [6.45, 7) is 0.196. The number of hydrogen-bond acceptors (Lipinski definition) is 5. The standard InChI is InChI=1S/C20H18ClN3O4/c1-27-17-9-18(28-2)16(8-15(17)21)24-11-13(7-19(24)25)20(26)23-14-5-3-4-12(6-14)10-22/h3-6,8-9,13H,7,11H2,1-2H3,(H,23,26)/t13-/m1/s1. The molecule has 3 rings (SSSR count). The Morgan fingerprint density at radius 3 is 2.68 bits per heavy atom. The monoisotopic (exact) mass is 399 g/mol. The van der Waals surface area contributed by atoms with Gasteiger partial charge < -0.3 is 19.7 Å². The third-order valence-electron chi connectivity index (χ3n) is 4.50. The Morgan fingerprint density at radius 1 is 1.25 bits per heavy atom. The molecule has 0 aliphatic carbocycles. The first-order valence-corrected chi connectivity index (χ1v) is 8.87. The Hall–Kier alpha value is -3.24. The molecule has 1 fully saturated rings. The van der Waals surface area contributed by atoms with Gasteiger partial charge in [-0.15, -0.1) is 0 Å². The van der Waals surface area contributed by atoms with Crippen LogP contribution in [0.25, 0.3) is 0 Å². The third-order valence-corrected chi connectivity index (χ3v) is 4.79. The van der Waals surface area contributed by atoms with Crippen LogP contribution in [0, 0.1) is 17.2 Å². The zero-order valence-electron chi connectivity index (χ0n) is 15.4. The maximum absolute atomic E-state index is 12.6. The molecule has 0 bridgehead atoms. The van der Waals surface area contributed by atoms with E-state index < -0.39 is 5.92 Å². The van der Waals surface area contributed by atoms with Crippen molar-refractivity contribution in [2.75, 3.05) is 31.0 Å². The number of halogens is 1. The minimum absolute atomic E-state index is 0.0660. The number of nitriles is 1. The lowest BCUT2D eigenvalue weighted by atomic mass is 10.1. The molecule has 0 radical (unpaired) electrons. The number of hydrogen-bond donors (Lipinski definition) is 1. The Balaban J connectivity index is 1.79. The van der Waals surface area contributed by atoms with Crippen molar-refractivity contribution < 1.29 is 19.1 Å². The number of ether oxygens (including phenoxy) is 2. The molecule has 0 saturated carbocycles. The van der Waals surface area contributed by atoms with E-state index in [0.717, 1.165) is 0 Å². The second-order valence-electron chi connectivity index (χ2n) is 6.25. The quantitative estimate of drug-likeness (QED) is 0.833. The van der Waals surface area contributed by atoms with Crippen LogP contribution >= 0.6 is 11.6 Å². The Morgan fingerprint density at radius 2 is 2.00 bits per heavy atom.